The van der Waals surface area contributed by atoms with Gasteiger partial charge in [-0.15, -0.1) is 11.3 Å². The molecule has 1 aliphatic heterocycles. The summed E-state index contributed by atoms with van der Waals surface area (Å²) in [4.78, 5) is 10.3. The van der Waals surface area contributed by atoms with Crippen molar-refractivity contribution in [1.29, 1.82) is 0 Å². The van der Waals surface area contributed by atoms with Gasteiger partial charge in [-0.05, 0) is 0 Å². The minimum atomic E-state index is 0.247. The second kappa shape index (κ2) is 2.75. The molecule has 2 rings (SSSR count). The van der Waals surface area contributed by atoms with E-state index in [2.05, 4.69) is 9.98 Å². The standard InChI is InChI=1S/C7H10N4S/c1-11-6(2-9-7(11)8)5-3-12-4-10-5/h3-4,6H,2H2,1H3,(H2,8,9). The summed E-state index contributed by atoms with van der Waals surface area (Å²) in [5.41, 5.74) is 8.52. The number of nitrogens with two attached hydrogens (primary N) is 1. The number of hydrogen-bond donors (Lipinski definition) is 1. The fourth-order valence-electron chi connectivity index (χ4n) is 1.25. The molecule has 1 aliphatic rings. The zero-order chi connectivity index (χ0) is 8.55. The van der Waals surface area contributed by atoms with E-state index < -0.39 is 0 Å². The van der Waals surface area contributed by atoms with Crippen molar-refractivity contribution in [3.8, 4) is 0 Å². The highest BCUT2D eigenvalue weighted by Gasteiger charge is 2.24. The molecular weight excluding hydrogens is 172 g/mol. The van der Waals surface area contributed by atoms with E-state index in [-0.39, 0.29) is 6.04 Å². The summed E-state index contributed by atoms with van der Waals surface area (Å²) in [7, 11) is 1.94. The Morgan fingerprint density at radius 1 is 1.75 bits per heavy atom. The number of guanidine groups is 1. The predicted octanol–water partition coefficient (Wildman–Crippen LogP) is 0.444. The lowest BCUT2D eigenvalue weighted by molar-refractivity contribution is 0.407. The van der Waals surface area contributed by atoms with Crippen molar-refractivity contribution in [1.82, 2.24) is 9.88 Å². The van der Waals surface area contributed by atoms with Crippen molar-refractivity contribution in [2.24, 2.45) is 10.7 Å². The first-order valence-electron chi connectivity index (χ1n) is 3.70. The molecule has 1 unspecified atom stereocenters. The zero-order valence-corrected chi connectivity index (χ0v) is 7.58. The Bertz CT molecular complexity index is 292. The summed E-state index contributed by atoms with van der Waals surface area (Å²) in [6, 6.07) is 0.247. The Labute approximate surface area is 74.7 Å². The summed E-state index contributed by atoms with van der Waals surface area (Å²) in [6.07, 6.45) is 0. The van der Waals surface area contributed by atoms with Crippen molar-refractivity contribution >= 4 is 17.3 Å². The minimum absolute atomic E-state index is 0.247. The van der Waals surface area contributed by atoms with Crippen molar-refractivity contribution in [3.05, 3.63) is 16.6 Å². The van der Waals surface area contributed by atoms with Crippen molar-refractivity contribution < 1.29 is 0 Å². The van der Waals surface area contributed by atoms with Gasteiger partial charge in [0.25, 0.3) is 0 Å². The molecule has 0 fully saturated rings. The molecule has 1 aromatic rings. The van der Waals surface area contributed by atoms with Crippen LogP contribution in [0.5, 0.6) is 0 Å². The largest absolute Gasteiger partial charge is 0.370 e. The van der Waals surface area contributed by atoms with Crippen LogP contribution in [0.25, 0.3) is 0 Å². The molecule has 0 aromatic carbocycles. The molecule has 12 heavy (non-hydrogen) atoms. The van der Waals surface area contributed by atoms with Crippen molar-refractivity contribution in [2.75, 3.05) is 13.6 Å². The lowest BCUT2D eigenvalue weighted by Crippen LogP contribution is -2.32. The van der Waals surface area contributed by atoms with Crippen LogP contribution in [0.15, 0.2) is 15.9 Å². The molecule has 64 valence electrons. The first kappa shape index (κ1) is 7.54. The molecule has 2 heterocycles. The van der Waals surface area contributed by atoms with Crippen molar-refractivity contribution in [2.45, 2.75) is 6.04 Å². The minimum Gasteiger partial charge on any atom is -0.370 e. The van der Waals surface area contributed by atoms with Crippen LogP contribution in [-0.2, 0) is 0 Å². The predicted molar refractivity (Wildman–Crippen MR) is 49.1 cm³/mol. The third-order valence-electron chi connectivity index (χ3n) is 2.05. The summed E-state index contributed by atoms with van der Waals surface area (Å²) in [6.45, 7) is 0.728. The average molecular weight is 182 g/mol. The lowest BCUT2D eigenvalue weighted by atomic mass is 10.2. The van der Waals surface area contributed by atoms with Gasteiger partial charge in [-0.2, -0.15) is 0 Å². The van der Waals surface area contributed by atoms with Crippen LogP contribution in [0.4, 0.5) is 0 Å². The van der Waals surface area contributed by atoms with E-state index in [1.54, 1.807) is 11.3 Å². The van der Waals surface area contributed by atoms with E-state index in [0.29, 0.717) is 5.96 Å². The van der Waals surface area contributed by atoms with Crippen LogP contribution in [0, 0.1) is 0 Å². The normalized spacial score (nSPS) is 22.9. The molecular formula is C7H10N4S. The maximum absolute atomic E-state index is 5.63. The first-order chi connectivity index (χ1) is 5.79. The summed E-state index contributed by atoms with van der Waals surface area (Å²) in [5.74, 6) is 0.605. The Hall–Kier alpha value is -1.10. The van der Waals surface area contributed by atoms with Gasteiger partial charge in [-0.3, -0.25) is 4.99 Å². The highest BCUT2D eigenvalue weighted by atomic mass is 32.1. The van der Waals surface area contributed by atoms with E-state index in [1.165, 1.54) is 0 Å². The second-order valence-electron chi connectivity index (χ2n) is 2.74. The first-order valence-corrected chi connectivity index (χ1v) is 4.64. The Kier molecular flexibility index (Phi) is 1.73. The van der Waals surface area contributed by atoms with Crippen LogP contribution in [-0.4, -0.2) is 29.4 Å². The number of aromatic nitrogens is 1. The fraction of sp³-hybridized carbons (Fsp3) is 0.429. The molecule has 0 spiro atoms. The molecule has 0 amide bonds. The number of rotatable bonds is 1. The molecule has 1 aromatic heterocycles. The van der Waals surface area contributed by atoms with Crippen molar-refractivity contribution in [3.63, 3.8) is 0 Å². The van der Waals surface area contributed by atoms with Gasteiger partial charge in [0, 0.05) is 12.4 Å². The number of hydrogen-bond acceptors (Lipinski definition) is 5. The molecule has 5 heteroatoms. The Morgan fingerprint density at radius 3 is 3.08 bits per heavy atom. The Morgan fingerprint density at radius 2 is 2.58 bits per heavy atom. The van der Waals surface area contributed by atoms with Gasteiger partial charge in [0.2, 0.25) is 0 Å². The Balaban J connectivity index is 2.20. The highest BCUT2D eigenvalue weighted by molar-refractivity contribution is 7.07. The van der Waals surface area contributed by atoms with E-state index in [4.69, 9.17) is 5.73 Å². The van der Waals surface area contributed by atoms with Crippen LogP contribution in [0.2, 0.25) is 0 Å². The van der Waals surface area contributed by atoms with Crippen LogP contribution >= 0.6 is 11.3 Å². The number of thiazole rings is 1. The van der Waals surface area contributed by atoms with Gasteiger partial charge >= 0.3 is 0 Å². The quantitative estimate of drug-likeness (QED) is 0.686. The monoisotopic (exact) mass is 182 g/mol. The highest BCUT2D eigenvalue weighted by Crippen LogP contribution is 2.22. The molecule has 0 saturated carbocycles. The summed E-state index contributed by atoms with van der Waals surface area (Å²) < 4.78 is 0. The molecule has 0 radical (unpaired) electrons. The average Bonchev–Trinajstić information content (AvgIpc) is 2.64. The molecule has 0 saturated heterocycles. The van der Waals surface area contributed by atoms with Gasteiger partial charge in [0.1, 0.15) is 0 Å². The lowest BCUT2D eigenvalue weighted by Gasteiger charge is -2.18. The van der Waals surface area contributed by atoms with Gasteiger partial charge < -0.3 is 10.6 Å². The summed E-state index contributed by atoms with van der Waals surface area (Å²) >= 11 is 1.60. The van der Waals surface area contributed by atoms with Crippen LogP contribution in [0.1, 0.15) is 11.7 Å². The van der Waals surface area contributed by atoms with E-state index in [0.717, 1.165) is 12.2 Å². The molecule has 4 nitrogen and oxygen atoms in total. The third kappa shape index (κ3) is 1.06. The van der Waals surface area contributed by atoms with Crippen LogP contribution in [0.3, 0.4) is 0 Å². The number of likely N-dealkylation sites (N-methyl/N-ethyl adjacent to an activating group) is 1. The molecule has 2 N–H and O–H groups in total. The van der Waals surface area contributed by atoms with E-state index in [1.807, 2.05) is 22.8 Å². The van der Waals surface area contributed by atoms with E-state index >= 15 is 0 Å². The van der Waals surface area contributed by atoms with Crippen LogP contribution < -0.4 is 5.73 Å². The zero-order valence-electron chi connectivity index (χ0n) is 6.77. The summed E-state index contributed by atoms with van der Waals surface area (Å²) in [5, 5.41) is 2.04. The SMILES string of the molecule is CN1C(N)=NCC1c1cscn1. The van der Waals surface area contributed by atoms with Gasteiger partial charge in [0.15, 0.2) is 5.96 Å². The topological polar surface area (TPSA) is 54.5 Å². The maximum Gasteiger partial charge on any atom is 0.191 e. The molecule has 0 bridgehead atoms. The fourth-order valence-corrected chi connectivity index (χ4v) is 1.85. The molecule has 1 atom stereocenters. The maximum atomic E-state index is 5.63. The van der Waals surface area contributed by atoms with E-state index in [9.17, 15) is 0 Å². The third-order valence-corrected chi connectivity index (χ3v) is 2.65. The van der Waals surface area contributed by atoms with Gasteiger partial charge in [-0.1, -0.05) is 0 Å². The smallest absolute Gasteiger partial charge is 0.191 e. The second-order valence-corrected chi connectivity index (χ2v) is 3.46. The van der Waals surface area contributed by atoms with Gasteiger partial charge in [-0.25, -0.2) is 4.98 Å². The number of nitrogens with zero attached hydrogens (tertiary/aromatic N) is 3. The number of aliphatic imine (C=N–C) groups is 1. The molecule has 0 aliphatic carbocycles. The van der Waals surface area contributed by atoms with Gasteiger partial charge in [0.05, 0.1) is 23.8 Å².